The number of amides is 2. The molecule has 2 aromatic rings. The molecule has 0 saturated carbocycles. The smallest absolute Gasteiger partial charge is 0.269 e. The van der Waals surface area contributed by atoms with Crippen molar-refractivity contribution in [2.24, 2.45) is 0 Å². The van der Waals surface area contributed by atoms with Gasteiger partial charge in [-0.1, -0.05) is 18.2 Å². The second-order valence-corrected chi connectivity index (χ2v) is 5.61. The van der Waals surface area contributed by atoms with Crippen LogP contribution < -0.4 is 25.1 Å². The van der Waals surface area contributed by atoms with Gasteiger partial charge in [0, 0.05) is 12.0 Å². The van der Waals surface area contributed by atoms with Crippen LogP contribution >= 0.6 is 0 Å². The molecule has 0 aromatic heterocycles. The molecule has 0 fully saturated rings. The van der Waals surface area contributed by atoms with Crippen LogP contribution in [-0.4, -0.2) is 32.6 Å². The first-order valence-electron chi connectivity index (χ1n) is 8.61. The number of carbonyl (C=O) groups excluding carboxylic acids is 2. The lowest BCUT2D eigenvalue weighted by atomic mass is 10.1. The van der Waals surface area contributed by atoms with Crippen molar-refractivity contribution < 1.29 is 23.8 Å². The van der Waals surface area contributed by atoms with E-state index in [2.05, 4.69) is 10.9 Å². The van der Waals surface area contributed by atoms with Gasteiger partial charge in [0.05, 0.1) is 20.8 Å². The third kappa shape index (κ3) is 5.64. The summed E-state index contributed by atoms with van der Waals surface area (Å²) in [5.41, 5.74) is 6.09. The Kier molecular flexibility index (Phi) is 7.49. The third-order valence-electron chi connectivity index (χ3n) is 3.86. The van der Waals surface area contributed by atoms with Crippen molar-refractivity contribution in [1.82, 2.24) is 10.9 Å². The van der Waals surface area contributed by atoms with E-state index in [1.54, 1.807) is 25.3 Å². The summed E-state index contributed by atoms with van der Waals surface area (Å²) >= 11 is 0. The van der Waals surface area contributed by atoms with E-state index in [4.69, 9.17) is 14.2 Å². The molecule has 0 spiro atoms. The van der Waals surface area contributed by atoms with Gasteiger partial charge in [0.2, 0.25) is 5.91 Å². The fourth-order valence-corrected chi connectivity index (χ4v) is 2.50. The quantitative estimate of drug-likeness (QED) is 0.696. The maximum absolute atomic E-state index is 12.2. The van der Waals surface area contributed by atoms with E-state index >= 15 is 0 Å². The zero-order chi connectivity index (χ0) is 19.6. The van der Waals surface area contributed by atoms with Crippen molar-refractivity contribution in [3.63, 3.8) is 0 Å². The topological polar surface area (TPSA) is 85.9 Å². The molecule has 0 aliphatic carbocycles. The first-order chi connectivity index (χ1) is 13.1. The Bertz CT molecular complexity index is 792. The fraction of sp³-hybridized carbons (Fsp3) is 0.300. The van der Waals surface area contributed by atoms with Crippen LogP contribution in [0, 0.1) is 0 Å². The minimum atomic E-state index is -0.443. The van der Waals surface area contributed by atoms with Gasteiger partial charge in [-0.15, -0.1) is 0 Å². The van der Waals surface area contributed by atoms with Crippen LogP contribution in [0.3, 0.4) is 0 Å². The Hall–Kier alpha value is -3.22. The van der Waals surface area contributed by atoms with Crippen molar-refractivity contribution in [3.05, 3.63) is 53.6 Å². The summed E-state index contributed by atoms with van der Waals surface area (Å²) in [5.74, 6) is 0.995. The second-order valence-electron chi connectivity index (χ2n) is 5.61. The number of hydrazine groups is 1. The van der Waals surface area contributed by atoms with E-state index < -0.39 is 5.91 Å². The number of carbonyl (C=O) groups is 2. The van der Waals surface area contributed by atoms with E-state index in [9.17, 15) is 9.59 Å². The van der Waals surface area contributed by atoms with Crippen LogP contribution in [0.5, 0.6) is 17.2 Å². The van der Waals surface area contributed by atoms with Gasteiger partial charge in [-0.05, 0) is 43.2 Å². The molecular formula is C20H24N2O5. The maximum Gasteiger partial charge on any atom is 0.269 e. The Labute approximate surface area is 158 Å². The second kappa shape index (κ2) is 10.1. The standard InChI is InChI=1S/C20H24N2O5/c1-4-27-17-11-9-15(13-18(17)26-3)20(24)22-21-19(23)12-10-14-7-5-6-8-16(14)25-2/h5-9,11,13H,4,10,12H2,1-3H3,(H,21,23)(H,22,24). The van der Waals surface area contributed by atoms with Gasteiger partial charge in [0.15, 0.2) is 11.5 Å². The van der Waals surface area contributed by atoms with Gasteiger partial charge in [-0.25, -0.2) is 0 Å². The average Bonchev–Trinajstić information content (AvgIpc) is 2.71. The van der Waals surface area contributed by atoms with Gasteiger partial charge in [-0.3, -0.25) is 20.4 Å². The van der Waals surface area contributed by atoms with Crippen LogP contribution in [0.2, 0.25) is 0 Å². The number of hydrogen-bond donors (Lipinski definition) is 2. The lowest BCUT2D eigenvalue weighted by Gasteiger charge is -2.12. The minimum Gasteiger partial charge on any atom is -0.496 e. The Morgan fingerprint density at radius 3 is 2.37 bits per heavy atom. The molecule has 0 bridgehead atoms. The molecule has 0 heterocycles. The molecule has 2 amide bonds. The highest BCUT2D eigenvalue weighted by Gasteiger charge is 2.12. The monoisotopic (exact) mass is 372 g/mol. The number of rotatable bonds is 8. The van der Waals surface area contributed by atoms with Crippen molar-refractivity contribution in [1.29, 1.82) is 0 Å². The predicted molar refractivity (Wildman–Crippen MR) is 101 cm³/mol. The molecular weight excluding hydrogens is 348 g/mol. The number of hydrogen-bond acceptors (Lipinski definition) is 5. The van der Waals surface area contributed by atoms with E-state index in [1.165, 1.54) is 7.11 Å². The van der Waals surface area contributed by atoms with Gasteiger partial charge >= 0.3 is 0 Å². The zero-order valence-electron chi connectivity index (χ0n) is 15.7. The molecule has 0 aliphatic rings. The van der Waals surface area contributed by atoms with Crippen LogP contribution in [0.4, 0.5) is 0 Å². The van der Waals surface area contributed by atoms with Crippen molar-refractivity contribution in [2.45, 2.75) is 19.8 Å². The summed E-state index contributed by atoms with van der Waals surface area (Å²) in [5, 5.41) is 0. The highest BCUT2D eigenvalue weighted by molar-refractivity contribution is 5.96. The van der Waals surface area contributed by atoms with Crippen LogP contribution in [-0.2, 0) is 11.2 Å². The maximum atomic E-state index is 12.2. The van der Waals surface area contributed by atoms with Gasteiger partial charge in [-0.2, -0.15) is 0 Å². The first-order valence-corrected chi connectivity index (χ1v) is 8.61. The summed E-state index contributed by atoms with van der Waals surface area (Å²) < 4.78 is 15.9. The summed E-state index contributed by atoms with van der Waals surface area (Å²) in [6, 6.07) is 12.3. The van der Waals surface area contributed by atoms with Crippen LogP contribution in [0.1, 0.15) is 29.3 Å². The van der Waals surface area contributed by atoms with Crippen molar-refractivity contribution in [3.8, 4) is 17.2 Å². The third-order valence-corrected chi connectivity index (χ3v) is 3.86. The Balaban J connectivity index is 1.88. The number of methoxy groups -OCH3 is 2. The van der Waals surface area contributed by atoms with E-state index in [0.29, 0.717) is 30.1 Å². The van der Waals surface area contributed by atoms with E-state index in [-0.39, 0.29) is 12.3 Å². The Morgan fingerprint density at radius 2 is 1.67 bits per heavy atom. The zero-order valence-corrected chi connectivity index (χ0v) is 15.7. The van der Waals surface area contributed by atoms with Gasteiger partial charge in [0.1, 0.15) is 5.75 Å². The summed E-state index contributed by atoms with van der Waals surface area (Å²) in [6.07, 6.45) is 0.718. The van der Waals surface area contributed by atoms with Crippen molar-refractivity contribution >= 4 is 11.8 Å². The SMILES string of the molecule is CCOc1ccc(C(=O)NNC(=O)CCc2ccccc2OC)cc1OC. The highest BCUT2D eigenvalue weighted by atomic mass is 16.5. The summed E-state index contributed by atoms with van der Waals surface area (Å²) in [7, 11) is 3.09. The molecule has 0 atom stereocenters. The lowest BCUT2D eigenvalue weighted by Crippen LogP contribution is -2.41. The van der Waals surface area contributed by atoms with Gasteiger partial charge < -0.3 is 14.2 Å². The molecule has 2 rings (SSSR count). The largest absolute Gasteiger partial charge is 0.496 e. The molecule has 0 saturated heterocycles. The summed E-state index contributed by atoms with van der Waals surface area (Å²) in [6.45, 7) is 2.35. The highest BCUT2D eigenvalue weighted by Crippen LogP contribution is 2.27. The molecule has 27 heavy (non-hydrogen) atoms. The molecule has 2 N–H and O–H groups in total. The molecule has 2 aromatic carbocycles. The van der Waals surface area contributed by atoms with Crippen LogP contribution in [0.25, 0.3) is 0 Å². The molecule has 0 radical (unpaired) electrons. The number of aryl methyl sites for hydroxylation is 1. The minimum absolute atomic E-state index is 0.216. The molecule has 144 valence electrons. The summed E-state index contributed by atoms with van der Waals surface area (Å²) in [4.78, 5) is 24.2. The normalized spacial score (nSPS) is 10.0. The molecule has 7 heteroatoms. The molecule has 7 nitrogen and oxygen atoms in total. The first kappa shape index (κ1) is 20.1. The molecule has 0 unspecified atom stereocenters. The number of benzene rings is 2. The van der Waals surface area contributed by atoms with Crippen molar-refractivity contribution in [2.75, 3.05) is 20.8 Å². The van der Waals surface area contributed by atoms with Gasteiger partial charge in [0.25, 0.3) is 5.91 Å². The number of para-hydroxylation sites is 1. The molecule has 0 aliphatic heterocycles. The number of ether oxygens (including phenoxy) is 3. The van der Waals surface area contributed by atoms with E-state index in [0.717, 1.165) is 11.3 Å². The number of nitrogens with one attached hydrogen (secondary N) is 2. The predicted octanol–water partition coefficient (Wildman–Crippen LogP) is 2.50. The average molecular weight is 372 g/mol. The van der Waals surface area contributed by atoms with Crippen LogP contribution in [0.15, 0.2) is 42.5 Å². The lowest BCUT2D eigenvalue weighted by molar-refractivity contribution is -0.121. The van der Waals surface area contributed by atoms with E-state index in [1.807, 2.05) is 31.2 Å². The fourth-order valence-electron chi connectivity index (χ4n) is 2.50. The Morgan fingerprint density at radius 1 is 0.926 bits per heavy atom.